The van der Waals surface area contributed by atoms with Crippen molar-refractivity contribution >= 4 is 27.3 Å². The summed E-state index contributed by atoms with van der Waals surface area (Å²) < 4.78 is 27.6. The van der Waals surface area contributed by atoms with Crippen LogP contribution in [0.5, 0.6) is 0 Å². The minimum absolute atomic E-state index is 0.0627. The molecule has 2 N–H and O–H groups in total. The molecule has 0 radical (unpaired) electrons. The third kappa shape index (κ3) is 5.30. The zero-order chi connectivity index (χ0) is 22.6. The fraction of sp³-hybridized carbons (Fsp3) is 0.167. The van der Waals surface area contributed by atoms with Crippen LogP contribution in [0.25, 0.3) is 0 Å². The van der Waals surface area contributed by atoms with Crippen molar-refractivity contribution in [1.82, 2.24) is 0 Å². The number of nitrogens with zero attached hydrogens (tertiary/aromatic N) is 1. The van der Waals surface area contributed by atoms with Crippen molar-refractivity contribution < 1.29 is 13.2 Å². The highest BCUT2D eigenvalue weighted by Gasteiger charge is 2.19. The Kier molecular flexibility index (Phi) is 6.14. The van der Waals surface area contributed by atoms with Gasteiger partial charge in [-0.25, -0.2) is 8.42 Å². The monoisotopic (exact) mass is 433 g/mol. The van der Waals surface area contributed by atoms with Crippen LogP contribution in [-0.4, -0.2) is 14.3 Å². The van der Waals surface area contributed by atoms with Gasteiger partial charge in [0, 0.05) is 16.9 Å². The molecule has 0 heterocycles. The highest BCUT2D eigenvalue weighted by molar-refractivity contribution is 7.92. The molecule has 0 aliphatic heterocycles. The number of rotatable bonds is 6. The predicted molar refractivity (Wildman–Crippen MR) is 121 cm³/mol. The molecule has 0 aromatic heterocycles. The number of sulfonamides is 1. The Morgan fingerprint density at radius 2 is 1.42 bits per heavy atom. The maximum atomic E-state index is 12.6. The highest BCUT2D eigenvalue weighted by atomic mass is 32.2. The van der Waals surface area contributed by atoms with Crippen LogP contribution < -0.4 is 10.0 Å². The summed E-state index contributed by atoms with van der Waals surface area (Å²) in [7, 11) is -3.76. The van der Waals surface area contributed by atoms with E-state index in [2.05, 4.69) is 16.1 Å². The van der Waals surface area contributed by atoms with E-state index < -0.39 is 15.4 Å². The van der Waals surface area contributed by atoms with E-state index in [4.69, 9.17) is 0 Å². The minimum Gasteiger partial charge on any atom is -0.322 e. The maximum absolute atomic E-state index is 12.6. The Bertz CT molecular complexity index is 1220. The lowest BCUT2D eigenvalue weighted by Gasteiger charge is -2.16. The van der Waals surface area contributed by atoms with Gasteiger partial charge in [0.05, 0.1) is 16.4 Å². The van der Waals surface area contributed by atoms with Gasteiger partial charge in [-0.1, -0.05) is 29.8 Å². The van der Waals surface area contributed by atoms with E-state index in [1.54, 1.807) is 36.4 Å². The summed E-state index contributed by atoms with van der Waals surface area (Å²) in [5, 5.41) is 12.0. The summed E-state index contributed by atoms with van der Waals surface area (Å²) in [6.45, 7) is 5.57. The first kappa shape index (κ1) is 22.1. The van der Waals surface area contributed by atoms with Gasteiger partial charge in [-0.2, -0.15) is 5.26 Å². The summed E-state index contributed by atoms with van der Waals surface area (Å²) in [6.07, 6.45) is 0. The average Bonchev–Trinajstić information content (AvgIpc) is 2.75. The molecule has 6 nitrogen and oxygen atoms in total. The van der Waals surface area contributed by atoms with Crippen LogP contribution in [0.2, 0.25) is 0 Å². The van der Waals surface area contributed by atoms with Gasteiger partial charge in [0.25, 0.3) is 15.9 Å². The Morgan fingerprint density at radius 3 is 1.97 bits per heavy atom. The van der Waals surface area contributed by atoms with Crippen LogP contribution in [-0.2, 0) is 15.4 Å². The van der Waals surface area contributed by atoms with E-state index in [0.717, 1.165) is 11.1 Å². The molecule has 0 saturated heterocycles. The molecule has 0 spiro atoms. The van der Waals surface area contributed by atoms with Crippen molar-refractivity contribution in [3.63, 3.8) is 0 Å². The average molecular weight is 434 g/mol. The second kappa shape index (κ2) is 8.62. The Morgan fingerprint density at radius 1 is 0.871 bits per heavy atom. The number of aryl methyl sites for hydroxylation is 1. The van der Waals surface area contributed by atoms with E-state index in [1.165, 1.54) is 24.3 Å². The molecule has 7 heteroatoms. The summed E-state index contributed by atoms with van der Waals surface area (Å²) in [6, 6.07) is 22.0. The smallest absolute Gasteiger partial charge is 0.261 e. The molecular weight excluding hydrogens is 410 g/mol. The van der Waals surface area contributed by atoms with Crippen LogP contribution in [0.3, 0.4) is 0 Å². The van der Waals surface area contributed by atoms with Crippen LogP contribution in [0.15, 0.2) is 77.7 Å². The van der Waals surface area contributed by atoms with Gasteiger partial charge in [0.2, 0.25) is 0 Å². The molecule has 158 valence electrons. The van der Waals surface area contributed by atoms with Crippen molar-refractivity contribution in [3.8, 4) is 6.07 Å². The number of hydrogen-bond donors (Lipinski definition) is 2. The second-order valence-electron chi connectivity index (χ2n) is 7.76. The largest absolute Gasteiger partial charge is 0.322 e. The highest BCUT2D eigenvalue weighted by Crippen LogP contribution is 2.24. The van der Waals surface area contributed by atoms with E-state index >= 15 is 0 Å². The number of carbonyl (C=O) groups is 1. The summed E-state index contributed by atoms with van der Waals surface area (Å²) in [5.74, 6) is -0.359. The minimum atomic E-state index is -3.76. The van der Waals surface area contributed by atoms with E-state index in [0.29, 0.717) is 16.9 Å². The number of nitriles is 1. The molecule has 0 atom stereocenters. The SMILES string of the molecule is Cc1ccc(NS(=O)(=O)c2ccc(C(=O)Nc3ccc(C(C)(C)C#N)cc3)cc2)cc1. The second-order valence-corrected chi connectivity index (χ2v) is 9.45. The number of amides is 1. The fourth-order valence-corrected chi connectivity index (χ4v) is 3.92. The molecule has 0 bridgehead atoms. The molecule has 0 aliphatic rings. The van der Waals surface area contributed by atoms with E-state index in [-0.39, 0.29) is 10.8 Å². The third-order valence-electron chi connectivity index (χ3n) is 4.87. The van der Waals surface area contributed by atoms with Gasteiger partial charge in [0.15, 0.2) is 0 Å². The number of carbonyl (C=O) groups excluding carboxylic acids is 1. The Hall–Kier alpha value is -3.63. The van der Waals surface area contributed by atoms with Crippen molar-refractivity contribution in [2.45, 2.75) is 31.1 Å². The van der Waals surface area contributed by atoms with E-state index in [1.807, 2.05) is 32.9 Å². The lowest BCUT2D eigenvalue weighted by Crippen LogP contribution is -2.15. The van der Waals surface area contributed by atoms with Gasteiger partial charge in [-0.15, -0.1) is 0 Å². The molecule has 3 aromatic carbocycles. The quantitative estimate of drug-likeness (QED) is 0.580. The molecule has 1 amide bonds. The van der Waals surface area contributed by atoms with Crippen molar-refractivity contribution in [2.75, 3.05) is 10.0 Å². The predicted octanol–water partition coefficient (Wildman–Crippen LogP) is 4.85. The molecule has 0 unspecified atom stereocenters. The summed E-state index contributed by atoms with van der Waals surface area (Å²) >= 11 is 0. The first-order valence-electron chi connectivity index (χ1n) is 9.63. The number of hydrogen-bond acceptors (Lipinski definition) is 4. The molecule has 0 saturated carbocycles. The van der Waals surface area contributed by atoms with Gasteiger partial charge < -0.3 is 5.32 Å². The number of nitrogens with one attached hydrogen (secondary N) is 2. The lowest BCUT2D eigenvalue weighted by molar-refractivity contribution is 0.102. The molecule has 0 fully saturated rings. The molecule has 3 rings (SSSR count). The molecule has 0 aliphatic carbocycles. The van der Waals surface area contributed by atoms with Crippen molar-refractivity contribution in [2.24, 2.45) is 0 Å². The van der Waals surface area contributed by atoms with Gasteiger partial charge in [0.1, 0.15) is 0 Å². The van der Waals surface area contributed by atoms with Crippen molar-refractivity contribution in [3.05, 3.63) is 89.5 Å². The van der Waals surface area contributed by atoms with Gasteiger partial charge in [-0.05, 0) is 74.9 Å². The summed E-state index contributed by atoms with van der Waals surface area (Å²) in [5.41, 5.74) is 2.65. The third-order valence-corrected chi connectivity index (χ3v) is 6.27. The van der Waals surface area contributed by atoms with Crippen LogP contribution in [0.1, 0.15) is 35.3 Å². The van der Waals surface area contributed by atoms with Gasteiger partial charge >= 0.3 is 0 Å². The topological polar surface area (TPSA) is 99.1 Å². The molecule has 3 aromatic rings. The standard InChI is InChI=1S/C24H23N3O3S/c1-17-4-10-21(11-5-17)27-31(29,30)22-14-6-18(7-15-22)23(28)26-20-12-8-19(9-13-20)24(2,3)16-25/h4-15,27H,1-3H3,(H,26,28). The van der Waals surface area contributed by atoms with Crippen LogP contribution >= 0.6 is 0 Å². The zero-order valence-electron chi connectivity index (χ0n) is 17.5. The lowest BCUT2D eigenvalue weighted by atomic mass is 9.86. The van der Waals surface area contributed by atoms with E-state index in [9.17, 15) is 18.5 Å². The first-order valence-corrected chi connectivity index (χ1v) is 11.1. The molecular formula is C24H23N3O3S. The zero-order valence-corrected chi connectivity index (χ0v) is 18.3. The normalized spacial score (nSPS) is 11.4. The Labute approximate surface area is 182 Å². The van der Waals surface area contributed by atoms with Crippen molar-refractivity contribution in [1.29, 1.82) is 5.26 Å². The number of anilines is 2. The van der Waals surface area contributed by atoms with Crippen LogP contribution in [0.4, 0.5) is 11.4 Å². The van der Waals surface area contributed by atoms with Crippen LogP contribution in [0, 0.1) is 18.3 Å². The van der Waals surface area contributed by atoms with Gasteiger partial charge in [-0.3, -0.25) is 9.52 Å². The summed E-state index contributed by atoms with van der Waals surface area (Å²) in [4.78, 5) is 12.6. The number of benzene rings is 3. The maximum Gasteiger partial charge on any atom is 0.261 e. The fourth-order valence-electron chi connectivity index (χ4n) is 2.86. The Balaban J connectivity index is 1.70. The molecule has 31 heavy (non-hydrogen) atoms. The first-order chi connectivity index (χ1) is 14.6.